The third-order valence-corrected chi connectivity index (χ3v) is 0.0500. The van der Waals surface area contributed by atoms with Crippen LogP contribution in [0.4, 0.5) is 0 Å². The number of nitriles is 2. The monoisotopic (exact) mass is 109 g/mol. The van der Waals surface area contributed by atoms with Crippen molar-refractivity contribution < 1.29 is 52.8 Å². The summed E-state index contributed by atoms with van der Waals surface area (Å²) in [5.74, 6) is 0. The van der Waals surface area contributed by atoms with Gasteiger partial charge >= 0.3 is 51.4 Å². The van der Waals surface area contributed by atoms with Gasteiger partial charge in [-0.1, -0.05) is 0 Å². The van der Waals surface area contributed by atoms with Crippen LogP contribution in [-0.2, 0) is 0 Å². The van der Waals surface area contributed by atoms with Gasteiger partial charge in [-0.3, -0.25) is 0 Å². The molecule has 0 rings (SSSR count). The predicted molar refractivity (Wildman–Crippen MR) is 17.4 cm³/mol. The fourth-order valence-corrected chi connectivity index (χ4v) is 0. The van der Waals surface area contributed by atoms with Crippen molar-refractivity contribution in [2.75, 3.05) is 0 Å². The molecule has 0 aliphatic rings. The maximum absolute atomic E-state index is 7.26. The Labute approximate surface area is 80.4 Å². The predicted octanol–water partition coefficient (Wildman–Crippen LogP) is -2.69. The molecule has 0 atom stereocenters. The molecule has 0 aromatic rings. The fourth-order valence-electron chi connectivity index (χ4n) is 0. The zero-order valence-corrected chi connectivity index (χ0v) is 6.72. The van der Waals surface area contributed by atoms with Gasteiger partial charge in [-0.25, -0.2) is 0 Å². The minimum atomic E-state index is 0. The molecule has 0 spiro atoms. The molecule has 3 N–H and O–H groups in total. The first-order chi connectivity index (χ1) is 1.91. The van der Waals surface area contributed by atoms with Crippen molar-refractivity contribution in [3.8, 4) is 12.1 Å². The van der Waals surface area contributed by atoms with Gasteiger partial charge in [0.1, 0.15) is 0 Å². The van der Waals surface area contributed by atoms with E-state index >= 15 is 0 Å². The van der Waals surface area contributed by atoms with E-state index in [0.29, 0.717) is 0 Å². The normalized spacial score (nSPS) is 1.67. The fraction of sp³-hybridized carbons (Fsp3) is 0. The number of hydrogen-bond acceptors (Lipinski definition) is 3. The van der Waals surface area contributed by atoms with Gasteiger partial charge in [0, 0.05) is 0 Å². The molecule has 0 radical (unpaired) electrons. The molecule has 0 fully saturated rings. The standard InChI is InChI=1S/C2N2.K.H3N.H/c3-1-2-4;;;/h;;1H3;/q;+1;;-1. The Hall–Kier alpha value is 0.576. The molecule has 0 unspecified atom stereocenters. The van der Waals surface area contributed by atoms with Crippen LogP contribution in [-0.4, -0.2) is 0 Å². The van der Waals surface area contributed by atoms with Crippen molar-refractivity contribution in [3.05, 3.63) is 0 Å². The van der Waals surface area contributed by atoms with E-state index in [1.54, 1.807) is 0 Å². The van der Waals surface area contributed by atoms with Gasteiger partial charge in [0.2, 0.25) is 0 Å². The summed E-state index contributed by atoms with van der Waals surface area (Å²) in [4.78, 5) is 0. The molecule has 6 heavy (non-hydrogen) atoms. The minimum Gasteiger partial charge on any atom is -1.00 e. The maximum atomic E-state index is 7.26. The Morgan fingerprint density at radius 3 is 1.33 bits per heavy atom. The maximum Gasteiger partial charge on any atom is 1.00 e. The van der Waals surface area contributed by atoms with E-state index in [-0.39, 0.29) is 59.0 Å². The molecule has 28 valence electrons. The van der Waals surface area contributed by atoms with Crippen LogP contribution >= 0.6 is 0 Å². The molecule has 0 heterocycles. The average molecular weight is 109 g/mol. The van der Waals surface area contributed by atoms with Crippen LogP contribution in [0.3, 0.4) is 0 Å². The van der Waals surface area contributed by atoms with E-state index in [2.05, 4.69) is 0 Å². The van der Waals surface area contributed by atoms with E-state index in [1.807, 2.05) is 0 Å². The topological polar surface area (TPSA) is 82.6 Å². The van der Waals surface area contributed by atoms with Gasteiger partial charge in [-0.05, 0) is 0 Å². The molecule has 3 nitrogen and oxygen atoms in total. The van der Waals surface area contributed by atoms with Gasteiger partial charge < -0.3 is 7.58 Å². The van der Waals surface area contributed by atoms with Gasteiger partial charge in [-0.2, -0.15) is 10.5 Å². The van der Waals surface area contributed by atoms with Gasteiger partial charge in [0.15, 0.2) is 12.1 Å². The summed E-state index contributed by atoms with van der Waals surface area (Å²) < 4.78 is 0. The molecule has 0 aromatic heterocycles. The Morgan fingerprint density at radius 1 is 1.17 bits per heavy atom. The quantitative estimate of drug-likeness (QED) is 0.344. The summed E-state index contributed by atoms with van der Waals surface area (Å²) in [5.41, 5.74) is 0. The summed E-state index contributed by atoms with van der Waals surface area (Å²) in [6.07, 6.45) is 0. The first kappa shape index (κ1) is 16.0. The molecule has 0 amide bonds. The molecular formula is C2H4KN3. The van der Waals surface area contributed by atoms with Crippen LogP contribution in [0.25, 0.3) is 0 Å². The summed E-state index contributed by atoms with van der Waals surface area (Å²) >= 11 is 0. The first-order valence-electron chi connectivity index (χ1n) is 0.697. The summed E-state index contributed by atoms with van der Waals surface area (Å²) in [7, 11) is 0. The minimum absolute atomic E-state index is 0. The molecule has 0 bridgehead atoms. The zero-order valence-electron chi connectivity index (χ0n) is 4.60. The summed E-state index contributed by atoms with van der Waals surface area (Å²) in [5, 5.41) is 14.5. The van der Waals surface area contributed by atoms with Crippen molar-refractivity contribution in [3.63, 3.8) is 0 Å². The third-order valence-electron chi connectivity index (χ3n) is 0.0500. The molecule has 0 aliphatic heterocycles. The molecule has 0 aliphatic carbocycles. The molecule has 4 heteroatoms. The van der Waals surface area contributed by atoms with Crippen LogP contribution in [0.2, 0.25) is 0 Å². The zero-order chi connectivity index (χ0) is 3.41. The number of rotatable bonds is 0. The number of hydrogen-bond donors (Lipinski definition) is 1. The van der Waals surface area contributed by atoms with E-state index in [9.17, 15) is 0 Å². The smallest absolute Gasteiger partial charge is 1.00 e. The van der Waals surface area contributed by atoms with Gasteiger partial charge in [0.25, 0.3) is 0 Å². The summed E-state index contributed by atoms with van der Waals surface area (Å²) in [6.45, 7) is 0. The van der Waals surface area contributed by atoms with E-state index in [1.165, 1.54) is 12.1 Å². The van der Waals surface area contributed by atoms with E-state index in [4.69, 9.17) is 10.5 Å². The largest absolute Gasteiger partial charge is 1.00 e. The average Bonchev–Trinajstić information content (AvgIpc) is 1.37. The van der Waals surface area contributed by atoms with Crippen LogP contribution in [0.1, 0.15) is 1.43 Å². The molecule has 0 saturated carbocycles. The van der Waals surface area contributed by atoms with Crippen molar-refractivity contribution in [1.82, 2.24) is 6.15 Å². The third kappa shape index (κ3) is 23.6. The van der Waals surface area contributed by atoms with Crippen molar-refractivity contribution in [1.29, 1.82) is 10.5 Å². The Kier molecular flexibility index (Phi) is 46.9. The summed E-state index contributed by atoms with van der Waals surface area (Å²) in [6, 6.07) is 2.47. The van der Waals surface area contributed by atoms with Gasteiger partial charge in [0.05, 0.1) is 0 Å². The van der Waals surface area contributed by atoms with Crippen LogP contribution in [0.5, 0.6) is 0 Å². The Balaban J connectivity index is -0.0000000150. The molecule has 0 saturated heterocycles. The van der Waals surface area contributed by atoms with Crippen LogP contribution in [0.15, 0.2) is 0 Å². The van der Waals surface area contributed by atoms with Crippen molar-refractivity contribution >= 4 is 0 Å². The Bertz CT molecular complexity index is 67.9. The second-order valence-corrected chi connectivity index (χ2v) is 0.224. The van der Waals surface area contributed by atoms with Crippen LogP contribution < -0.4 is 57.5 Å². The molecule has 0 aromatic carbocycles. The van der Waals surface area contributed by atoms with E-state index in [0.717, 1.165) is 0 Å². The van der Waals surface area contributed by atoms with Crippen LogP contribution in [0, 0.1) is 22.7 Å². The second kappa shape index (κ2) is 17.6. The molecular weight excluding hydrogens is 105 g/mol. The number of nitrogens with zero attached hydrogens (tertiary/aromatic N) is 2. The first-order valence-corrected chi connectivity index (χ1v) is 0.697. The van der Waals surface area contributed by atoms with Crippen molar-refractivity contribution in [2.45, 2.75) is 0 Å². The second-order valence-electron chi connectivity index (χ2n) is 0.224. The Morgan fingerprint density at radius 2 is 1.33 bits per heavy atom. The van der Waals surface area contributed by atoms with Gasteiger partial charge in [-0.15, -0.1) is 0 Å². The SMILES string of the molecule is N.N#CC#N.[H-].[K+]. The van der Waals surface area contributed by atoms with E-state index < -0.39 is 0 Å². The van der Waals surface area contributed by atoms with Crippen molar-refractivity contribution in [2.24, 2.45) is 0 Å².